The molecule has 6 nitrogen and oxygen atoms in total. The number of benzene rings is 1. The molecule has 0 radical (unpaired) electrons. The number of nitrogens with zero attached hydrogens (tertiary/aromatic N) is 2. The fourth-order valence-corrected chi connectivity index (χ4v) is 2.59. The van der Waals surface area contributed by atoms with Crippen LogP contribution in [0.4, 0.5) is 10.5 Å². The lowest BCUT2D eigenvalue weighted by Crippen LogP contribution is -2.53. The Bertz CT molecular complexity index is 697. The lowest BCUT2D eigenvalue weighted by Gasteiger charge is -2.34. The number of carbonyl (C=O) groups is 3. The number of imide groups is 1. The Balaban J connectivity index is 2.20. The summed E-state index contributed by atoms with van der Waals surface area (Å²) in [5.74, 6) is -0.845. The molecule has 0 aromatic heterocycles. The van der Waals surface area contributed by atoms with E-state index in [9.17, 15) is 14.4 Å². The van der Waals surface area contributed by atoms with Crippen LogP contribution in [0.15, 0.2) is 18.2 Å². The first-order valence-electron chi connectivity index (χ1n) is 8.22. The topological polar surface area (TPSA) is 66.9 Å². The highest BCUT2D eigenvalue weighted by Gasteiger charge is 2.35. The Labute approximate surface area is 152 Å². The summed E-state index contributed by atoms with van der Waals surface area (Å²) < 4.78 is 5.13. The molecule has 0 saturated carbocycles. The van der Waals surface area contributed by atoms with Crippen molar-refractivity contribution in [2.75, 3.05) is 18.2 Å². The van der Waals surface area contributed by atoms with Crippen molar-refractivity contribution in [3.63, 3.8) is 0 Å². The van der Waals surface area contributed by atoms with E-state index < -0.39 is 24.1 Å². The smallest absolute Gasteiger partial charge is 0.334 e. The molecule has 3 amide bonds. The highest BCUT2D eigenvalue weighted by atomic mass is 35.5. The first-order valence-corrected chi connectivity index (χ1v) is 8.60. The minimum atomic E-state index is -0.708. The quantitative estimate of drug-likeness (QED) is 0.763. The summed E-state index contributed by atoms with van der Waals surface area (Å²) in [6.07, 6.45) is 0.948. The molecule has 1 heterocycles. The van der Waals surface area contributed by atoms with Gasteiger partial charge in [-0.1, -0.05) is 24.6 Å². The largest absolute Gasteiger partial charge is 0.443 e. The molecule has 25 heavy (non-hydrogen) atoms. The summed E-state index contributed by atoms with van der Waals surface area (Å²) in [5.41, 5.74) is 0.890. The van der Waals surface area contributed by atoms with Crippen LogP contribution in [0.5, 0.6) is 0 Å². The number of rotatable bonds is 4. The number of carbonyl (C=O) groups excluding carboxylic acids is 3. The van der Waals surface area contributed by atoms with E-state index in [4.69, 9.17) is 16.3 Å². The molecular weight excluding hydrogens is 344 g/mol. The lowest BCUT2D eigenvalue weighted by atomic mass is 9.98. The van der Waals surface area contributed by atoms with Crippen molar-refractivity contribution in [1.29, 1.82) is 0 Å². The number of hydrogen-bond acceptors (Lipinski definition) is 4. The van der Waals surface area contributed by atoms with Crippen molar-refractivity contribution in [2.45, 2.75) is 40.5 Å². The van der Waals surface area contributed by atoms with Crippen LogP contribution in [0.1, 0.15) is 39.7 Å². The molecule has 7 heteroatoms. The molecule has 0 aliphatic carbocycles. The minimum Gasteiger partial charge on any atom is -0.443 e. The van der Waals surface area contributed by atoms with E-state index >= 15 is 0 Å². The van der Waals surface area contributed by atoms with Gasteiger partial charge in [-0.25, -0.2) is 9.69 Å². The molecule has 0 unspecified atom stereocenters. The number of ether oxygens (including phenoxy) is 1. The van der Waals surface area contributed by atoms with Gasteiger partial charge in [0.15, 0.2) is 6.73 Å². The van der Waals surface area contributed by atoms with Crippen molar-refractivity contribution in [1.82, 2.24) is 4.90 Å². The van der Waals surface area contributed by atoms with E-state index in [1.165, 1.54) is 4.90 Å². The Hall–Kier alpha value is -2.08. The molecule has 2 rings (SSSR count). The molecule has 1 aromatic carbocycles. The van der Waals surface area contributed by atoms with Gasteiger partial charge in [0.25, 0.3) is 0 Å². The van der Waals surface area contributed by atoms with Crippen LogP contribution in [0.25, 0.3) is 0 Å². The van der Waals surface area contributed by atoms with Crippen molar-refractivity contribution in [3.8, 4) is 0 Å². The number of aryl methyl sites for hydroxylation is 1. The van der Waals surface area contributed by atoms with Crippen molar-refractivity contribution in [3.05, 3.63) is 28.8 Å². The fraction of sp³-hybridized carbons (Fsp3) is 0.500. The zero-order valence-corrected chi connectivity index (χ0v) is 15.7. The summed E-state index contributed by atoms with van der Waals surface area (Å²) in [7, 11) is 0. The van der Waals surface area contributed by atoms with Crippen molar-refractivity contribution >= 4 is 35.2 Å². The summed E-state index contributed by atoms with van der Waals surface area (Å²) in [6.45, 7) is 6.98. The maximum absolute atomic E-state index is 12.7. The van der Waals surface area contributed by atoms with Gasteiger partial charge >= 0.3 is 12.0 Å². The third-order valence-corrected chi connectivity index (χ3v) is 4.28. The third kappa shape index (κ3) is 4.31. The van der Waals surface area contributed by atoms with Gasteiger partial charge < -0.3 is 4.74 Å². The fourth-order valence-electron chi connectivity index (χ4n) is 2.37. The standard InChI is InChI=1S/C18H23ClN2O4/c1-5-12-6-7-13(19)14(10-12)20-9-8-15(22)21(17(20)24)11-25-16(23)18(2,3)4/h6-7,10H,5,8-9,11H2,1-4H3. The average Bonchev–Trinajstić information content (AvgIpc) is 2.54. The van der Waals surface area contributed by atoms with Crippen LogP contribution in [-0.4, -0.2) is 36.1 Å². The number of amides is 3. The monoisotopic (exact) mass is 366 g/mol. The van der Waals surface area contributed by atoms with Gasteiger partial charge in [-0.3, -0.25) is 14.5 Å². The lowest BCUT2D eigenvalue weighted by molar-refractivity contribution is -0.158. The molecule has 1 aliphatic heterocycles. The van der Waals surface area contributed by atoms with E-state index in [-0.39, 0.29) is 18.9 Å². The predicted octanol–water partition coefficient (Wildman–Crippen LogP) is 3.61. The van der Waals surface area contributed by atoms with Crippen LogP contribution < -0.4 is 4.90 Å². The minimum absolute atomic E-state index is 0.144. The van der Waals surface area contributed by atoms with Gasteiger partial charge in [-0.2, -0.15) is 0 Å². The maximum Gasteiger partial charge on any atom is 0.334 e. The molecule has 0 N–H and O–H groups in total. The number of urea groups is 1. The number of hydrogen-bond donors (Lipinski definition) is 0. The molecule has 0 atom stereocenters. The molecule has 1 aliphatic rings. The van der Waals surface area contributed by atoms with Crippen LogP contribution in [0.3, 0.4) is 0 Å². The van der Waals surface area contributed by atoms with Crippen LogP contribution in [-0.2, 0) is 20.7 Å². The zero-order chi connectivity index (χ0) is 18.8. The number of halogens is 1. The van der Waals surface area contributed by atoms with Crippen LogP contribution in [0.2, 0.25) is 5.02 Å². The normalized spacial score (nSPS) is 15.6. The summed E-state index contributed by atoms with van der Waals surface area (Å²) >= 11 is 6.24. The van der Waals surface area contributed by atoms with Crippen LogP contribution >= 0.6 is 11.6 Å². The Morgan fingerprint density at radius 2 is 1.96 bits per heavy atom. The first-order chi connectivity index (χ1) is 11.6. The second-order valence-electron chi connectivity index (χ2n) is 6.96. The molecule has 1 aromatic rings. The second kappa shape index (κ2) is 7.44. The highest BCUT2D eigenvalue weighted by molar-refractivity contribution is 6.34. The molecule has 1 fully saturated rings. The Morgan fingerprint density at radius 1 is 1.28 bits per heavy atom. The zero-order valence-electron chi connectivity index (χ0n) is 15.0. The van der Waals surface area contributed by atoms with Crippen LogP contribution in [0, 0.1) is 5.41 Å². The van der Waals surface area contributed by atoms with Gasteiger partial charge in [-0.05, 0) is 44.9 Å². The molecule has 136 valence electrons. The summed E-state index contributed by atoms with van der Waals surface area (Å²) in [6, 6.07) is 4.95. The van der Waals surface area contributed by atoms with Gasteiger partial charge in [0.2, 0.25) is 5.91 Å². The van der Waals surface area contributed by atoms with Gasteiger partial charge in [0.05, 0.1) is 16.1 Å². The van der Waals surface area contributed by atoms with E-state index in [2.05, 4.69) is 0 Å². The Kier molecular flexibility index (Phi) is 5.72. The Morgan fingerprint density at radius 3 is 2.56 bits per heavy atom. The van der Waals surface area contributed by atoms with Crippen molar-refractivity contribution < 1.29 is 19.1 Å². The molecule has 0 spiro atoms. The average molecular weight is 367 g/mol. The summed E-state index contributed by atoms with van der Waals surface area (Å²) in [5, 5.41) is 0.437. The molecular formula is C18H23ClN2O4. The van der Waals surface area contributed by atoms with E-state index in [1.807, 2.05) is 19.1 Å². The van der Waals surface area contributed by atoms with E-state index in [0.717, 1.165) is 16.9 Å². The third-order valence-electron chi connectivity index (χ3n) is 3.96. The van der Waals surface area contributed by atoms with Crippen molar-refractivity contribution in [2.24, 2.45) is 5.41 Å². The van der Waals surface area contributed by atoms with E-state index in [1.54, 1.807) is 26.8 Å². The number of esters is 1. The van der Waals surface area contributed by atoms with E-state index in [0.29, 0.717) is 10.7 Å². The molecule has 1 saturated heterocycles. The first kappa shape index (κ1) is 19.2. The SMILES string of the molecule is CCc1ccc(Cl)c(N2CCC(=O)N(COC(=O)C(C)(C)C)C2=O)c1. The summed E-state index contributed by atoms with van der Waals surface area (Å²) in [4.78, 5) is 39.1. The van der Waals surface area contributed by atoms with Gasteiger partial charge in [0, 0.05) is 13.0 Å². The second-order valence-corrected chi connectivity index (χ2v) is 7.36. The molecule has 0 bridgehead atoms. The highest BCUT2D eigenvalue weighted by Crippen LogP contribution is 2.30. The van der Waals surface area contributed by atoms with Gasteiger partial charge in [0.1, 0.15) is 0 Å². The van der Waals surface area contributed by atoms with Gasteiger partial charge in [-0.15, -0.1) is 0 Å². The predicted molar refractivity (Wildman–Crippen MR) is 95.4 cm³/mol. The maximum atomic E-state index is 12.7. The number of anilines is 1.